The van der Waals surface area contributed by atoms with Gasteiger partial charge in [-0.15, -0.1) is 0 Å². The fourth-order valence-electron chi connectivity index (χ4n) is 2.99. The standard InChI is InChI=1S/C19H22OSi/c1-16-10-9-15-19(16)20-21(2,17-11-5-3-6-12-17)18-13-7-4-8-14-18/h3-8,11-16H,9-10H2,1-2H3. The molecule has 2 aromatic carbocycles. The van der Waals surface area contributed by atoms with Crippen molar-refractivity contribution < 1.29 is 4.43 Å². The van der Waals surface area contributed by atoms with Crippen molar-refractivity contribution >= 4 is 18.7 Å². The van der Waals surface area contributed by atoms with Crippen LogP contribution in [-0.4, -0.2) is 8.32 Å². The maximum Gasteiger partial charge on any atom is 0.311 e. The summed E-state index contributed by atoms with van der Waals surface area (Å²) in [5.41, 5.74) is 0. The summed E-state index contributed by atoms with van der Waals surface area (Å²) in [4.78, 5) is 0. The molecule has 108 valence electrons. The van der Waals surface area contributed by atoms with Gasteiger partial charge in [-0.2, -0.15) is 0 Å². The summed E-state index contributed by atoms with van der Waals surface area (Å²) in [5, 5.41) is 2.66. The highest BCUT2D eigenvalue weighted by molar-refractivity contribution is 6.96. The Morgan fingerprint density at radius 1 is 0.905 bits per heavy atom. The zero-order valence-electron chi connectivity index (χ0n) is 12.8. The van der Waals surface area contributed by atoms with Crippen LogP contribution in [0.3, 0.4) is 0 Å². The largest absolute Gasteiger partial charge is 0.538 e. The minimum absolute atomic E-state index is 0.546. The third-order valence-corrected chi connectivity index (χ3v) is 7.92. The van der Waals surface area contributed by atoms with Crippen molar-refractivity contribution in [1.82, 2.24) is 0 Å². The summed E-state index contributed by atoms with van der Waals surface area (Å²) in [6.07, 6.45) is 4.63. The molecule has 1 unspecified atom stereocenters. The fraction of sp³-hybridized carbons (Fsp3) is 0.263. The van der Waals surface area contributed by atoms with Gasteiger partial charge in [-0.05, 0) is 35.8 Å². The van der Waals surface area contributed by atoms with E-state index >= 15 is 0 Å². The van der Waals surface area contributed by atoms with E-state index in [0.717, 1.165) is 6.42 Å². The number of benzene rings is 2. The fourth-order valence-corrected chi connectivity index (χ4v) is 5.98. The maximum absolute atomic E-state index is 6.68. The van der Waals surface area contributed by atoms with E-state index in [9.17, 15) is 0 Å². The minimum atomic E-state index is -2.18. The predicted molar refractivity (Wildman–Crippen MR) is 91.3 cm³/mol. The van der Waals surface area contributed by atoms with Crippen LogP contribution in [0.2, 0.25) is 6.55 Å². The second kappa shape index (κ2) is 5.90. The zero-order chi connectivity index (χ0) is 14.7. The van der Waals surface area contributed by atoms with Gasteiger partial charge in [0.25, 0.3) is 0 Å². The second-order valence-electron chi connectivity index (χ2n) is 5.95. The van der Waals surface area contributed by atoms with Crippen LogP contribution in [0, 0.1) is 5.92 Å². The van der Waals surface area contributed by atoms with Crippen molar-refractivity contribution in [3.05, 3.63) is 72.5 Å². The lowest BCUT2D eigenvalue weighted by molar-refractivity contribution is 0.370. The van der Waals surface area contributed by atoms with E-state index in [1.54, 1.807) is 0 Å². The highest BCUT2D eigenvalue weighted by Gasteiger charge is 2.37. The Balaban J connectivity index is 2.03. The first kappa shape index (κ1) is 14.1. The lowest BCUT2D eigenvalue weighted by Gasteiger charge is -2.31. The molecule has 1 aliphatic carbocycles. The molecular weight excluding hydrogens is 272 g/mol. The van der Waals surface area contributed by atoms with Crippen LogP contribution in [0.5, 0.6) is 0 Å². The van der Waals surface area contributed by atoms with Crippen molar-refractivity contribution in [2.24, 2.45) is 5.92 Å². The van der Waals surface area contributed by atoms with Gasteiger partial charge in [0.15, 0.2) is 0 Å². The van der Waals surface area contributed by atoms with E-state index in [2.05, 4.69) is 80.2 Å². The molecule has 21 heavy (non-hydrogen) atoms. The molecule has 2 heteroatoms. The summed E-state index contributed by atoms with van der Waals surface area (Å²) in [7, 11) is -2.18. The quantitative estimate of drug-likeness (QED) is 0.781. The molecule has 0 saturated carbocycles. The van der Waals surface area contributed by atoms with Crippen LogP contribution in [0.1, 0.15) is 19.8 Å². The number of hydrogen-bond acceptors (Lipinski definition) is 1. The molecule has 1 aliphatic rings. The van der Waals surface area contributed by atoms with Crippen LogP contribution < -0.4 is 10.4 Å². The Bertz CT molecular complexity index is 579. The molecular formula is C19H22OSi. The van der Waals surface area contributed by atoms with Gasteiger partial charge < -0.3 is 4.43 Å². The Labute approximate surface area is 128 Å². The first-order chi connectivity index (χ1) is 10.2. The van der Waals surface area contributed by atoms with Crippen LogP contribution in [0.4, 0.5) is 0 Å². The van der Waals surface area contributed by atoms with Crippen LogP contribution >= 0.6 is 0 Å². The minimum Gasteiger partial charge on any atom is -0.538 e. The SMILES string of the molecule is CC1CCC=C1O[Si](C)(c1ccccc1)c1ccccc1. The number of rotatable bonds is 4. The second-order valence-corrected chi connectivity index (χ2v) is 9.38. The van der Waals surface area contributed by atoms with E-state index in [1.807, 2.05) is 0 Å². The van der Waals surface area contributed by atoms with Crippen LogP contribution in [0.25, 0.3) is 0 Å². The Morgan fingerprint density at radius 2 is 1.43 bits per heavy atom. The summed E-state index contributed by atoms with van der Waals surface area (Å²) in [6.45, 7) is 4.58. The average Bonchev–Trinajstić information content (AvgIpc) is 2.94. The van der Waals surface area contributed by atoms with Gasteiger partial charge in [-0.3, -0.25) is 0 Å². The molecule has 0 fully saturated rings. The third-order valence-electron chi connectivity index (χ3n) is 4.40. The normalized spacial score (nSPS) is 18.4. The molecule has 0 saturated heterocycles. The average molecular weight is 294 g/mol. The molecule has 0 aromatic heterocycles. The summed E-state index contributed by atoms with van der Waals surface area (Å²) >= 11 is 0. The molecule has 0 heterocycles. The summed E-state index contributed by atoms with van der Waals surface area (Å²) < 4.78 is 6.68. The zero-order valence-corrected chi connectivity index (χ0v) is 13.8. The molecule has 0 radical (unpaired) electrons. The first-order valence-corrected chi connectivity index (χ1v) is 10.1. The van der Waals surface area contributed by atoms with Crippen molar-refractivity contribution in [1.29, 1.82) is 0 Å². The highest BCUT2D eigenvalue weighted by Crippen LogP contribution is 2.28. The Kier molecular flexibility index (Phi) is 3.98. The molecule has 0 aliphatic heterocycles. The topological polar surface area (TPSA) is 9.23 Å². The molecule has 1 nitrogen and oxygen atoms in total. The van der Waals surface area contributed by atoms with Gasteiger partial charge >= 0.3 is 8.32 Å². The van der Waals surface area contributed by atoms with Gasteiger partial charge in [0.1, 0.15) is 0 Å². The first-order valence-electron chi connectivity index (χ1n) is 7.70. The number of allylic oxidation sites excluding steroid dienone is 2. The van der Waals surface area contributed by atoms with Gasteiger partial charge in [-0.25, -0.2) is 0 Å². The smallest absolute Gasteiger partial charge is 0.311 e. The van der Waals surface area contributed by atoms with E-state index in [-0.39, 0.29) is 0 Å². The Hall–Kier alpha value is -1.80. The maximum atomic E-state index is 6.68. The molecule has 3 rings (SSSR count). The lowest BCUT2D eigenvalue weighted by Crippen LogP contribution is -2.58. The van der Waals surface area contributed by atoms with Crippen molar-refractivity contribution in [2.75, 3.05) is 0 Å². The summed E-state index contributed by atoms with van der Waals surface area (Å²) in [6, 6.07) is 21.4. The van der Waals surface area contributed by atoms with E-state index < -0.39 is 8.32 Å². The van der Waals surface area contributed by atoms with Crippen LogP contribution in [-0.2, 0) is 4.43 Å². The molecule has 0 amide bonds. The molecule has 0 N–H and O–H groups in total. The van der Waals surface area contributed by atoms with Gasteiger partial charge in [0.2, 0.25) is 0 Å². The highest BCUT2D eigenvalue weighted by atomic mass is 28.4. The van der Waals surface area contributed by atoms with E-state index in [4.69, 9.17) is 4.43 Å². The molecule has 2 aromatic rings. The monoisotopic (exact) mass is 294 g/mol. The van der Waals surface area contributed by atoms with Crippen molar-refractivity contribution in [2.45, 2.75) is 26.3 Å². The van der Waals surface area contributed by atoms with Gasteiger partial charge in [0, 0.05) is 5.92 Å². The molecule has 0 spiro atoms. The van der Waals surface area contributed by atoms with Crippen LogP contribution in [0.15, 0.2) is 72.5 Å². The lowest BCUT2D eigenvalue weighted by atomic mass is 10.1. The molecule has 0 bridgehead atoms. The van der Waals surface area contributed by atoms with Crippen molar-refractivity contribution in [3.63, 3.8) is 0 Å². The third kappa shape index (κ3) is 2.81. The Morgan fingerprint density at radius 3 is 1.86 bits per heavy atom. The summed E-state index contributed by atoms with van der Waals surface area (Å²) in [5.74, 6) is 1.74. The molecule has 1 atom stereocenters. The number of hydrogen-bond donors (Lipinski definition) is 0. The van der Waals surface area contributed by atoms with Crippen molar-refractivity contribution in [3.8, 4) is 0 Å². The van der Waals surface area contributed by atoms with Gasteiger partial charge in [0.05, 0.1) is 5.76 Å². The van der Waals surface area contributed by atoms with E-state index in [1.165, 1.54) is 22.6 Å². The van der Waals surface area contributed by atoms with E-state index in [0.29, 0.717) is 5.92 Å². The van der Waals surface area contributed by atoms with Gasteiger partial charge in [-0.1, -0.05) is 67.6 Å². The predicted octanol–water partition coefficient (Wildman–Crippen LogP) is 3.71.